The van der Waals surface area contributed by atoms with E-state index < -0.39 is 0 Å². The van der Waals surface area contributed by atoms with Crippen LogP contribution in [0, 0.1) is 0 Å². The Labute approximate surface area is 123 Å². The molecule has 0 spiro atoms. The van der Waals surface area contributed by atoms with Crippen molar-refractivity contribution in [1.29, 1.82) is 0 Å². The molecule has 1 N–H and O–H groups in total. The van der Waals surface area contributed by atoms with Crippen molar-refractivity contribution in [2.45, 2.75) is 71.3 Å². The van der Waals surface area contributed by atoms with Gasteiger partial charge in [-0.3, -0.25) is 0 Å². The Balaban J connectivity index is 2.18. The van der Waals surface area contributed by atoms with Crippen LogP contribution in [0.15, 0.2) is 29.8 Å². The van der Waals surface area contributed by atoms with Gasteiger partial charge in [-0.1, -0.05) is 63.8 Å². The highest BCUT2D eigenvalue weighted by molar-refractivity contribution is 5.77. The first kappa shape index (κ1) is 15.3. The molecule has 1 aromatic rings. The predicted molar refractivity (Wildman–Crippen MR) is 86.6 cm³/mol. The summed E-state index contributed by atoms with van der Waals surface area (Å²) in [5, 5.41) is 10.6. The van der Waals surface area contributed by atoms with Gasteiger partial charge in [-0.25, -0.2) is 0 Å². The van der Waals surface area contributed by atoms with E-state index in [0.29, 0.717) is 0 Å². The molecule has 0 bridgehead atoms. The molecule has 2 rings (SSSR count). The summed E-state index contributed by atoms with van der Waals surface area (Å²) in [6.45, 7) is 4.48. The molecule has 1 unspecified atom stereocenters. The second-order valence-corrected chi connectivity index (χ2v) is 5.91. The first-order valence-corrected chi connectivity index (χ1v) is 8.28. The minimum absolute atomic E-state index is 0.348. The maximum absolute atomic E-state index is 10.6. The predicted octanol–water partition coefficient (Wildman–Crippen LogP) is 5.65. The van der Waals surface area contributed by atoms with E-state index in [2.05, 4.69) is 32.0 Å². The minimum Gasteiger partial charge on any atom is -0.384 e. The summed E-state index contributed by atoms with van der Waals surface area (Å²) >= 11 is 0. The number of unbranched alkanes of at least 4 members (excludes halogenated alkanes) is 4. The number of hydrogen-bond acceptors (Lipinski definition) is 1. The van der Waals surface area contributed by atoms with E-state index in [-0.39, 0.29) is 6.10 Å². The fourth-order valence-electron chi connectivity index (χ4n) is 3.24. The van der Waals surface area contributed by atoms with Gasteiger partial charge in [-0.05, 0) is 48.0 Å². The van der Waals surface area contributed by atoms with E-state index in [0.717, 1.165) is 18.4 Å². The Morgan fingerprint density at radius 1 is 0.900 bits per heavy atom. The average Bonchev–Trinajstić information content (AvgIpc) is 2.74. The molecule has 1 aliphatic carbocycles. The van der Waals surface area contributed by atoms with Crippen LogP contribution in [-0.2, 0) is 0 Å². The van der Waals surface area contributed by atoms with Crippen molar-refractivity contribution < 1.29 is 5.11 Å². The number of fused-ring (bicyclic) bond motifs is 1. The fourth-order valence-corrected chi connectivity index (χ4v) is 3.24. The average molecular weight is 272 g/mol. The second-order valence-electron chi connectivity index (χ2n) is 5.91. The molecule has 0 fully saturated rings. The van der Waals surface area contributed by atoms with Gasteiger partial charge in [-0.2, -0.15) is 0 Å². The van der Waals surface area contributed by atoms with Crippen molar-refractivity contribution in [2.24, 2.45) is 0 Å². The summed E-state index contributed by atoms with van der Waals surface area (Å²) in [6, 6.07) is 8.42. The van der Waals surface area contributed by atoms with Crippen LogP contribution in [0.5, 0.6) is 0 Å². The number of rotatable bonds is 8. The van der Waals surface area contributed by atoms with Gasteiger partial charge in [-0.15, -0.1) is 0 Å². The van der Waals surface area contributed by atoms with Gasteiger partial charge >= 0.3 is 0 Å². The van der Waals surface area contributed by atoms with Crippen molar-refractivity contribution >= 4 is 5.57 Å². The zero-order valence-corrected chi connectivity index (χ0v) is 13.0. The highest BCUT2D eigenvalue weighted by Crippen LogP contribution is 2.44. The minimum atomic E-state index is -0.348. The van der Waals surface area contributed by atoms with Gasteiger partial charge in [0.05, 0.1) is 0 Å². The van der Waals surface area contributed by atoms with Crippen molar-refractivity contribution in [3.8, 4) is 0 Å². The molecular weight excluding hydrogens is 244 g/mol. The van der Waals surface area contributed by atoms with Crippen LogP contribution in [0.2, 0.25) is 0 Å². The molecule has 0 saturated carbocycles. The largest absolute Gasteiger partial charge is 0.384 e. The van der Waals surface area contributed by atoms with Crippen LogP contribution in [0.25, 0.3) is 5.57 Å². The Hall–Kier alpha value is -1.08. The van der Waals surface area contributed by atoms with Crippen LogP contribution in [0.3, 0.4) is 0 Å². The molecule has 110 valence electrons. The van der Waals surface area contributed by atoms with Crippen LogP contribution < -0.4 is 0 Å². The van der Waals surface area contributed by atoms with Crippen molar-refractivity contribution in [2.75, 3.05) is 0 Å². The lowest BCUT2D eigenvalue weighted by Crippen LogP contribution is -1.97. The third kappa shape index (κ3) is 3.32. The summed E-state index contributed by atoms with van der Waals surface area (Å²) in [6.07, 6.45) is 9.31. The fraction of sp³-hybridized carbons (Fsp3) is 0.579. The molecule has 0 saturated heterocycles. The lowest BCUT2D eigenvalue weighted by Gasteiger charge is -2.11. The maximum atomic E-state index is 10.6. The Kier molecular flexibility index (Phi) is 5.85. The van der Waals surface area contributed by atoms with Crippen molar-refractivity contribution in [1.82, 2.24) is 0 Å². The third-order valence-electron chi connectivity index (χ3n) is 4.38. The van der Waals surface area contributed by atoms with Crippen molar-refractivity contribution in [3.63, 3.8) is 0 Å². The van der Waals surface area contributed by atoms with Crippen LogP contribution >= 0.6 is 0 Å². The first-order valence-electron chi connectivity index (χ1n) is 8.28. The zero-order chi connectivity index (χ0) is 14.4. The standard InChI is InChI=1S/C19H28O/c1-3-5-7-11-15-16-12-9-10-14-18(16)19(20)17(15)13-8-6-4-2/h9-10,12,14,19-20H,3-8,11,13H2,1-2H3. The molecule has 1 heteroatoms. The van der Waals surface area contributed by atoms with Gasteiger partial charge in [0.25, 0.3) is 0 Å². The molecule has 0 amide bonds. The highest BCUT2D eigenvalue weighted by Gasteiger charge is 2.28. The monoisotopic (exact) mass is 272 g/mol. The SMILES string of the molecule is CCCCCC1=C(CCCCC)C(O)c2ccccc21. The lowest BCUT2D eigenvalue weighted by molar-refractivity contribution is 0.214. The van der Waals surface area contributed by atoms with Gasteiger partial charge in [0.15, 0.2) is 0 Å². The molecule has 1 atom stereocenters. The Bertz CT molecular complexity index is 459. The second kappa shape index (κ2) is 7.64. The van der Waals surface area contributed by atoms with Gasteiger partial charge in [0.2, 0.25) is 0 Å². The molecule has 0 aromatic heterocycles. The van der Waals surface area contributed by atoms with E-state index in [1.54, 1.807) is 0 Å². The van der Waals surface area contributed by atoms with E-state index in [1.807, 2.05) is 6.07 Å². The van der Waals surface area contributed by atoms with E-state index in [4.69, 9.17) is 0 Å². The molecule has 0 heterocycles. The summed E-state index contributed by atoms with van der Waals surface area (Å²) in [4.78, 5) is 0. The molecular formula is C19H28O. The van der Waals surface area contributed by atoms with E-state index in [1.165, 1.54) is 55.2 Å². The Morgan fingerprint density at radius 2 is 1.55 bits per heavy atom. The first-order chi connectivity index (χ1) is 9.79. The number of aliphatic hydroxyl groups is 1. The molecule has 0 radical (unpaired) electrons. The van der Waals surface area contributed by atoms with Gasteiger partial charge in [0.1, 0.15) is 6.10 Å². The van der Waals surface area contributed by atoms with E-state index in [9.17, 15) is 5.11 Å². The molecule has 20 heavy (non-hydrogen) atoms. The Morgan fingerprint density at radius 3 is 2.25 bits per heavy atom. The number of allylic oxidation sites excluding steroid dienone is 1. The maximum Gasteiger partial charge on any atom is 0.101 e. The molecule has 1 aromatic carbocycles. The summed E-state index contributed by atoms with van der Waals surface area (Å²) in [5.41, 5.74) is 5.18. The van der Waals surface area contributed by atoms with Crippen LogP contribution in [0.4, 0.5) is 0 Å². The summed E-state index contributed by atoms with van der Waals surface area (Å²) in [7, 11) is 0. The zero-order valence-electron chi connectivity index (χ0n) is 13.0. The van der Waals surface area contributed by atoms with Gasteiger partial charge in [0, 0.05) is 0 Å². The van der Waals surface area contributed by atoms with Gasteiger partial charge < -0.3 is 5.11 Å². The van der Waals surface area contributed by atoms with E-state index >= 15 is 0 Å². The number of benzene rings is 1. The lowest BCUT2D eigenvalue weighted by atomic mass is 9.96. The molecule has 1 aliphatic rings. The van der Waals surface area contributed by atoms with Crippen LogP contribution in [0.1, 0.15) is 82.4 Å². The topological polar surface area (TPSA) is 20.2 Å². The quantitative estimate of drug-likeness (QED) is 0.606. The number of aliphatic hydroxyl groups excluding tert-OH is 1. The summed E-state index contributed by atoms with van der Waals surface area (Å²) in [5.74, 6) is 0. The molecule has 1 nitrogen and oxygen atoms in total. The normalized spacial score (nSPS) is 17.6. The number of hydrogen-bond donors (Lipinski definition) is 1. The smallest absolute Gasteiger partial charge is 0.101 e. The van der Waals surface area contributed by atoms with Crippen molar-refractivity contribution in [3.05, 3.63) is 41.0 Å². The van der Waals surface area contributed by atoms with Crippen LogP contribution in [-0.4, -0.2) is 5.11 Å². The third-order valence-corrected chi connectivity index (χ3v) is 4.38. The highest BCUT2D eigenvalue weighted by atomic mass is 16.3. The summed E-state index contributed by atoms with van der Waals surface area (Å²) < 4.78 is 0. The molecule has 0 aliphatic heterocycles.